The van der Waals surface area contributed by atoms with Crippen molar-refractivity contribution in [3.63, 3.8) is 0 Å². The fourth-order valence-corrected chi connectivity index (χ4v) is 2.98. The van der Waals surface area contributed by atoms with E-state index in [0.717, 1.165) is 12.5 Å². The van der Waals surface area contributed by atoms with E-state index >= 15 is 0 Å². The summed E-state index contributed by atoms with van der Waals surface area (Å²) in [6.07, 6.45) is 5.59. The molecule has 2 rings (SSSR count). The number of hydrogen-bond donors (Lipinski definition) is 1. The van der Waals surface area contributed by atoms with E-state index in [1.54, 1.807) is 11.0 Å². The Morgan fingerprint density at radius 1 is 1.60 bits per heavy atom. The lowest BCUT2D eigenvalue weighted by Gasteiger charge is -2.23. The molecule has 0 radical (unpaired) electrons. The third-order valence-electron chi connectivity index (χ3n) is 3.79. The maximum absolute atomic E-state index is 12.1. The highest BCUT2D eigenvalue weighted by Gasteiger charge is 2.42. The molecule has 2 aliphatic rings. The van der Waals surface area contributed by atoms with Gasteiger partial charge in [0.15, 0.2) is 0 Å². The number of carbonyl (C=O) groups is 1. The number of fused-ring (bicyclic) bond motifs is 1. The molecule has 1 aliphatic carbocycles. The Bertz CT molecular complexity index is 264. The normalized spacial score (nSPS) is 33.8. The molecule has 0 aromatic rings. The Kier molecular flexibility index (Phi) is 3.10. The van der Waals surface area contributed by atoms with Crippen LogP contribution in [0.15, 0.2) is 12.7 Å². The highest BCUT2D eigenvalue weighted by Crippen LogP contribution is 2.38. The summed E-state index contributed by atoms with van der Waals surface area (Å²) in [4.78, 5) is 13.9. The van der Waals surface area contributed by atoms with Crippen LogP contribution in [0.25, 0.3) is 0 Å². The third kappa shape index (κ3) is 1.93. The molecule has 0 spiro atoms. The van der Waals surface area contributed by atoms with Gasteiger partial charge < -0.3 is 10.2 Å². The van der Waals surface area contributed by atoms with Gasteiger partial charge in [-0.25, -0.2) is 0 Å². The predicted octanol–water partition coefficient (Wildman–Crippen LogP) is 1.02. The molecule has 1 N–H and O–H groups in total. The minimum Gasteiger partial charge on any atom is -0.341 e. The van der Waals surface area contributed by atoms with Crippen molar-refractivity contribution in [1.29, 1.82) is 0 Å². The predicted molar refractivity (Wildman–Crippen MR) is 60.5 cm³/mol. The molecule has 3 nitrogen and oxygen atoms in total. The molecular weight excluding hydrogens is 188 g/mol. The molecule has 1 saturated carbocycles. The first kappa shape index (κ1) is 10.7. The summed E-state index contributed by atoms with van der Waals surface area (Å²) in [5.74, 6) is 1.57. The maximum Gasteiger partial charge on any atom is 0.240 e. The van der Waals surface area contributed by atoms with Crippen molar-refractivity contribution in [1.82, 2.24) is 10.2 Å². The van der Waals surface area contributed by atoms with Crippen molar-refractivity contribution in [2.75, 3.05) is 20.1 Å². The Balaban J connectivity index is 1.98. The molecule has 84 valence electrons. The van der Waals surface area contributed by atoms with Crippen LogP contribution in [0.4, 0.5) is 0 Å². The molecule has 1 saturated heterocycles. The van der Waals surface area contributed by atoms with E-state index in [1.807, 2.05) is 7.05 Å². The molecule has 15 heavy (non-hydrogen) atoms. The van der Waals surface area contributed by atoms with E-state index in [2.05, 4.69) is 11.9 Å². The van der Waals surface area contributed by atoms with E-state index < -0.39 is 0 Å². The van der Waals surface area contributed by atoms with Crippen LogP contribution in [0.2, 0.25) is 0 Å². The SMILES string of the molecule is C=CCN(C)C(=O)C1NCC2CCCC21. The van der Waals surface area contributed by atoms with Gasteiger partial charge >= 0.3 is 0 Å². The van der Waals surface area contributed by atoms with Crippen LogP contribution in [-0.2, 0) is 4.79 Å². The van der Waals surface area contributed by atoms with Gasteiger partial charge in [0.2, 0.25) is 5.91 Å². The zero-order valence-corrected chi connectivity index (χ0v) is 9.41. The molecule has 1 heterocycles. The van der Waals surface area contributed by atoms with Crippen LogP contribution >= 0.6 is 0 Å². The van der Waals surface area contributed by atoms with E-state index in [4.69, 9.17) is 0 Å². The smallest absolute Gasteiger partial charge is 0.240 e. The van der Waals surface area contributed by atoms with Gasteiger partial charge in [-0.05, 0) is 31.2 Å². The minimum atomic E-state index is 0.0717. The van der Waals surface area contributed by atoms with Crippen molar-refractivity contribution in [3.8, 4) is 0 Å². The average molecular weight is 208 g/mol. The number of hydrogen-bond acceptors (Lipinski definition) is 2. The molecule has 1 amide bonds. The topological polar surface area (TPSA) is 32.3 Å². The van der Waals surface area contributed by atoms with Gasteiger partial charge in [0.05, 0.1) is 6.04 Å². The van der Waals surface area contributed by atoms with E-state index in [-0.39, 0.29) is 11.9 Å². The first-order valence-corrected chi connectivity index (χ1v) is 5.83. The van der Waals surface area contributed by atoms with Crippen LogP contribution in [0.1, 0.15) is 19.3 Å². The zero-order chi connectivity index (χ0) is 10.8. The summed E-state index contributed by atoms with van der Waals surface area (Å²) >= 11 is 0. The lowest BCUT2D eigenvalue weighted by atomic mass is 9.93. The van der Waals surface area contributed by atoms with E-state index in [1.165, 1.54) is 19.3 Å². The highest BCUT2D eigenvalue weighted by atomic mass is 16.2. The third-order valence-corrected chi connectivity index (χ3v) is 3.79. The summed E-state index contributed by atoms with van der Waals surface area (Å²) < 4.78 is 0. The van der Waals surface area contributed by atoms with Crippen LogP contribution in [-0.4, -0.2) is 37.0 Å². The van der Waals surface area contributed by atoms with Crippen LogP contribution in [0.3, 0.4) is 0 Å². The molecule has 0 bridgehead atoms. The molecule has 3 atom stereocenters. The highest BCUT2D eigenvalue weighted by molar-refractivity contribution is 5.82. The van der Waals surface area contributed by atoms with Crippen LogP contribution in [0, 0.1) is 11.8 Å². The minimum absolute atomic E-state index is 0.0717. The Hall–Kier alpha value is -0.830. The zero-order valence-electron chi connectivity index (χ0n) is 9.41. The van der Waals surface area contributed by atoms with Crippen molar-refractivity contribution < 1.29 is 4.79 Å². The standard InChI is InChI=1S/C12H20N2O/c1-3-7-14(2)12(15)11-10-6-4-5-9(10)8-13-11/h3,9-11,13H,1,4-8H2,2H3. The van der Waals surface area contributed by atoms with Gasteiger partial charge in [0, 0.05) is 13.6 Å². The number of rotatable bonds is 3. The summed E-state index contributed by atoms with van der Waals surface area (Å²) in [5, 5.41) is 3.37. The molecular formula is C12H20N2O. The van der Waals surface area contributed by atoms with Gasteiger partial charge in [-0.15, -0.1) is 6.58 Å². The van der Waals surface area contributed by atoms with Crippen LogP contribution < -0.4 is 5.32 Å². The second kappa shape index (κ2) is 4.35. The first-order chi connectivity index (χ1) is 7.24. The second-order valence-corrected chi connectivity index (χ2v) is 4.75. The van der Waals surface area contributed by atoms with Gasteiger partial charge in [-0.2, -0.15) is 0 Å². The molecule has 2 fully saturated rings. The number of likely N-dealkylation sites (N-methyl/N-ethyl adjacent to an activating group) is 1. The summed E-state index contributed by atoms with van der Waals surface area (Å²) in [6, 6.07) is 0.0717. The van der Waals surface area contributed by atoms with E-state index in [9.17, 15) is 4.79 Å². The fourth-order valence-electron chi connectivity index (χ4n) is 2.98. The van der Waals surface area contributed by atoms with Gasteiger partial charge in [0.1, 0.15) is 0 Å². The molecule has 1 aliphatic heterocycles. The molecule has 3 unspecified atom stereocenters. The summed E-state index contributed by atoms with van der Waals surface area (Å²) in [6.45, 7) is 5.34. The molecule has 0 aromatic heterocycles. The number of nitrogens with one attached hydrogen (secondary N) is 1. The number of amides is 1. The number of carbonyl (C=O) groups excluding carboxylic acids is 1. The van der Waals surface area contributed by atoms with Crippen molar-refractivity contribution >= 4 is 5.91 Å². The Labute approximate surface area is 91.5 Å². The summed E-state index contributed by atoms with van der Waals surface area (Å²) in [7, 11) is 1.86. The Morgan fingerprint density at radius 2 is 2.40 bits per heavy atom. The quantitative estimate of drug-likeness (QED) is 0.702. The van der Waals surface area contributed by atoms with Crippen molar-refractivity contribution in [2.24, 2.45) is 11.8 Å². The monoisotopic (exact) mass is 208 g/mol. The molecule has 3 heteroatoms. The average Bonchev–Trinajstić information content (AvgIpc) is 2.77. The Morgan fingerprint density at radius 3 is 3.13 bits per heavy atom. The largest absolute Gasteiger partial charge is 0.341 e. The lowest BCUT2D eigenvalue weighted by molar-refractivity contribution is -0.132. The number of nitrogens with zero attached hydrogens (tertiary/aromatic N) is 1. The van der Waals surface area contributed by atoms with Gasteiger partial charge in [-0.1, -0.05) is 12.5 Å². The van der Waals surface area contributed by atoms with Crippen LogP contribution in [0.5, 0.6) is 0 Å². The summed E-state index contributed by atoms with van der Waals surface area (Å²) in [5.41, 5.74) is 0. The second-order valence-electron chi connectivity index (χ2n) is 4.75. The first-order valence-electron chi connectivity index (χ1n) is 5.83. The van der Waals surface area contributed by atoms with Crippen molar-refractivity contribution in [3.05, 3.63) is 12.7 Å². The molecule has 0 aromatic carbocycles. The fraction of sp³-hybridized carbons (Fsp3) is 0.750. The lowest BCUT2D eigenvalue weighted by Crippen LogP contribution is -2.44. The van der Waals surface area contributed by atoms with E-state index in [0.29, 0.717) is 12.5 Å². The maximum atomic E-state index is 12.1. The van der Waals surface area contributed by atoms with Crippen molar-refractivity contribution in [2.45, 2.75) is 25.3 Å². The van der Waals surface area contributed by atoms with Gasteiger partial charge in [0.25, 0.3) is 0 Å². The van der Waals surface area contributed by atoms with Gasteiger partial charge in [-0.3, -0.25) is 4.79 Å².